The largest absolute Gasteiger partial charge is 0.366 e. The van der Waals surface area contributed by atoms with Gasteiger partial charge in [0.2, 0.25) is 0 Å². The minimum Gasteiger partial charge on any atom is -0.366 e. The smallest absolute Gasteiger partial charge is 0.137 e. The molecule has 0 aliphatic carbocycles. The Balaban J connectivity index is 2.18. The van der Waals surface area contributed by atoms with Crippen LogP contribution in [0.5, 0.6) is 0 Å². The van der Waals surface area contributed by atoms with E-state index in [1.165, 1.54) is 11.1 Å². The van der Waals surface area contributed by atoms with Gasteiger partial charge in [-0.25, -0.2) is 9.97 Å². The third kappa shape index (κ3) is 2.82. The first-order chi connectivity index (χ1) is 8.61. The van der Waals surface area contributed by atoms with E-state index < -0.39 is 0 Å². The van der Waals surface area contributed by atoms with E-state index in [0.29, 0.717) is 5.15 Å². The average Bonchev–Trinajstić information content (AvgIpc) is 2.76. The molecule has 0 aliphatic heterocycles. The van der Waals surface area contributed by atoms with Crippen molar-refractivity contribution in [1.29, 1.82) is 0 Å². The zero-order valence-electron chi connectivity index (χ0n) is 10.7. The number of aryl methyl sites for hydroxylation is 2. The number of thiophene rings is 1. The Morgan fingerprint density at radius 1 is 1.28 bits per heavy atom. The van der Waals surface area contributed by atoms with E-state index in [0.717, 1.165) is 30.2 Å². The molecule has 0 radical (unpaired) electrons. The van der Waals surface area contributed by atoms with Crippen molar-refractivity contribution in [2.75, 3.05) is 5.32 Å². The van der Waals surface area contributed by atoms with Crippen molar-refractivity contribution in [2.24, 2.45) is 0 Å². The van der Waals surface area contributed by atoms with Gasteiger partial charge < -0.3 is 5.32 Å². The monoisotopic (exact) mass is 281 g/mol. The molecular formula is C13H16ClN3S. The predicted molar refractivity (Wildman–Crippen MR) is 77.5 cm³/mol. The molecule has 0 amide bonds. The number of anilines is 1. The number of nitrogens with one attached hydrogen (secondary N) is 1. The van der Waals surface area contributed by atoms with Gasteiger partial charge in [-0.05, 0) is 35.7 Å². The Morgan fingerprint density at radius 3 is 2.67 bits per heavy atom. The lowest BCUT2D eigenvalue weighted by Gasteiger charge is -2.10. The molecule has 2 heterocycles. The molecule has 0 atom stereocenters. The number of aromatic nitrogens is 2. The number of halogens is 1. The van der Waals surface area contributed by atoms with Gasteiger partial charge in [0, 0.05) is 18.5 Å². The van der Waals surface area contributed by atoms with Crippen LogP contribution in [0.2, 0.25) is 5.15 Å². The van der Waals surface area contributed by atoms with E-state index in [-0.39, 0.29) is 0 Å². The topological polar surface area (TPSA) is 37.8 Å². The van der Waals surface area contributed by atoms with Crippen LogP contribution in [0.1, 0.15) is 29.4 Å². The Hall–Kier alpha value is -1.13. The summed E-state index contributed by atoms with van der Waals surface area (Å²) in [6.07, 6.45) is 0.784. The Kier molecular flexibility index (Phi) is 4.19. The number of nitrogens with zero attached hydrogens (tertiary/aromatic N) is 2. The Bertz CT molecular complexity index is 551. The first-order valence-corrected chi connectivity index (χ1v) is 7.22. The fourth-order valence-electron chi connectivity index (χ4n) is 1.61. The van der Waals surface area contributed by atoms with E-state index in [9.17, 15) is 0 Å². The van der Waals surface area contributed by atoms with Crippen LogP contribution in [0, 0.1) is 13.8 Å². The lowest BCUT2D eigenvalue weighted by molar-refractivity contribution is 0.922. The van der Waals surface area contributed by atoms with Gasteiger partial charge >= 0.3 is 0 Å². The normalized spacial score (nSPS) is 10.7. The zero-order chi connectivity index (χ0) is 13.1. The summed E-state index contributed by atoms with van der Waals surface area (Å²) in [5.74, 6) is 1.60. The Morgan fingerprint density at radius 2 is 2.06 bits per heavy atom. The molecule has 0 aromatic carbocycles. The minimum atomic E-state index is 0.534. The van der Waals surface area contributed by atoms with Gasteiger partial charge in [-0.15, -0.1) is 0 Å². The molecule has 0 aliphatic rings. The molecule has 18 heavy (non-hydrogen) atoms. The van der Waals surface area contributed by atoms with Gasteiger partial charge in [-0.1, -0.05) is 18.5 Å². The van der Waals surface area contributed by atoms with Gasteiger partial charge in [0.1, 0.15) is 16.8 Å². The number of hydrogen-bond donors (Lipinski definition) is 1. The molecule has 0 saturated carbocycles. The summed E-state index contributed by atoms with van der Waals surface area (Å²) < 4.78 is 0. The molecule has 2 aromatic heterocycles. The summed E-state index contributed by atoms with van der Waals surface area (Å²) in [5.41, 5.74) is 3.51. The first kappa shape index (κ1) is 13.3. The third-order valence-corrected chi connectivity index (χ3v) is 4.14. The molecule has 3 nitrogen and oxygen atoms in total. The number of rotatable bonds is 4. The van der Waals surface area contributed by atoms with Gasteiger partial charge in [-0.3, -0.25) is 0 Å². The van der Waals surface area contributed by atoms with Crippen molar-refractivity contribution in [3.63, 3.8) is 0 Å². The highest BCUT2D eigenvalue weighted by Gasteiger charge is 2.08. The quantitative estimate of drug-likeness (QED) is 0.862. The summed E-state index contributed by atoms with van der Waals surface area (Å²) in [6.45, 7) is 6.84. The second-order valence-corrected chi connectivity index (χ2v) is 5.29. The maximum atomic E-state index is 6.10. The number of hydrogen-bond acceptors (Lipinski definition) is 4. The summed E-state index contributed by atoms with van der Waals surface area (Å²) in [5, 5.41) is 8.18. The highest BCUT2D eigenvalue weighted by Crippen LogP contribution is 2.21. The van der Waals surface area contributed by atoms with Crippen LogP contribution in [0.15, 0.2) is 10.8 Å². The molecule has 0 spiro atoms. The Labute approximate surface area is 116 Å². The van der Waals surface area contributed by atoms with Crippen LogP contribution >= 0.6 is 22.9 Å². The van der Waals surface area contributed by atoms with Gasteiger partial charge in [0.15, 0.2) is 0 Å². The molecule has 96 valence electrons. The first-order valence-electron chi connectivity index (χ1n) is 5.90. The highest BCUT2D eigenvalue weighted by atomic mass is 35.5. The maximum Gasteiger partial charge on any atom is 0.137 e. The van der Waals surface area contributed by atoms with E-state index in [1.807, 2.05) is 13.8 Å². The van der Waals surface area contributed by atoms with Crippen LogP contribution in [-0.4, -0.2) is 9.97 Å². The lowest BCUT2D eigenvalue weighted by atomic mass is 10.2. The van der Waals surface area contributed by atoms with Crippen molar-refractivity contribution in [2.45, 2.75) is 33.7 Å². The molecule has 0 unspecified atom stereocenters. The summed E-state index contributed by atoms with van der Waals surface area (Å²) in [7, 11) is 0. The fourth-order valence-corrected chi connectivity index (χ4v) is 2.65. The molecule has 0 fully saturated rings. The maximum absolute atomic E-state index is 6.10. The van der Waals surface area contributed by atoms with Crippen LogP contribution in [0.4, 0.5) is 5.82 Å². The van der Waals surface area contributed by atoms with Crippen LogP contribution in [-0.2, 0) is 13.0 Å². The van der Waals surface area contributed by atoms with E-state index >= 15 is 0 Å². The van der Waals surface area contributed by atoms with Crippen LogP contribution < -0.4 is 5.32 Å². The molecular weight excluding hydrogens is 266 g/mol. The summed E-state index contributed by atoms with van der Waals surface area (Å²) >= 11 is 7.82. The zero-order valence-corrected chi connectivity index (χ0v) is 12.3. The molecule has 0 saturated heterocycles. The van der Waals surface area contributed by atoms with Gasteiger partial charge in [-0.2, -0.15) is 11.3 Å². The van der Waals surface area contributed by atoms with Crippen molar-refractivity contribution in [3.8, 4) is 0 Å². The second kappa shape index (κ2) is 5.67. The molecule has 1 N–H and O–H groups in total. The summed E-state index contributed by atoms with van der Waals surface area (Å²) in [4.78, 5) is 8.71. The molecule has 2 rings (SSSR count). The lowest BCUT2D eigenvalue weighted by Crippen LogP contribution is -2.07. The molecule has 5 heteroatoms. The van der Waals surface area contributed by atoms with E-state index in [2.05, 4.69) is 33.0 Å². The standard InChI is InChI=1S/C13H16ClN3S/c1-4-11-16-12(14)9(3)13(17-11)15-5-10-7-18-6-8(10)2/h6-7H,4-5H2,1-3H3,(H,15,16,17). The second-order valence-electron chi connectivity index (χ2n) is 4.19. The van der Waals surface area contributed by atoms with Crippen molar-refractivity contribution >= 4 is 28.8 Å². The van der Waals surface area contributed by atoms with Crippen molar-refractivity contribution in [3.05, 3.63) is 38.4 Å². The van der Waals surface area contributed by atoms with Crippen molar-refractivity contribution in [1.82, 2.24) is 9.97 Å². The van der Waals surface area contributed by atoms with Crippen LogP contribution in [0.25, 0.3) is 0 Å². The van der Waals surface area contributed by atoms with Crippen LogP contribution in [0.3, 0.4) is 0 Å². The van der Waals surface area contributed by atoms with Gasteiger partial charge in [0.25, 0.3) is 0 Å². The van der Waals surface area contributed by atoms with Gasteiger partial charge in [0.05, 0.1) is 0 Å². The average molecular weight is 282 g/mol. The fraction of sp³-hybridized carbons (Fsp3) is 0.385. The SMILES string of the molecule is CCc1nc(Cl)c(C)c(NCc2cscc2C)n1. The minimum absolute atomic E-state index is 0.534. The van der Waals surface area contributed by atoms with E-state index in [4.69, 9.17) is 11.6 Å². The molecule has 2 aromatic rings. The van der Waals surface area contributed by atoms with Crippen molar-refractivity contribution < 1.29 is 0 Å². The predicted octanol–water partition coefficient (Wildman–Crippen LogP) is 3.98. The third-order valence-electron chi connectivity index (χ3n) is 2.86. The summed E-state index contributed by atoms with van der Waals surface area (Å²) in [6, 6.07) is 0. The van der Waals surface area contributed by atoms with E-state index in [1.54, 1.807) is 11.3 Å². The molecule has 0 bridgehead atoms. The highest BCUT2D eigenvalue weighted by molar-refractivity contribution is 7.08.